The molecule has 1 fully saturated rings. The molecule has 226 valence electrons. The number of allylic oxidation sites excluding steroid dienone is 2. The molecule has 1 aliphatic carbocycles. The topological polar surface area (TPSA) is 114 Å². The number of esters is 1. The number of likely N-dealkylation sites (tertiary alicyclic amines) is 1. The van der Waals surface area contributed by atoms with Crippen LogP contribution in [0.5, 0.6) is 0 Å². The lowest BCUT2D eigenvalue weighted by Gasteiger charge is -2.42. The van der Waals surface area contributed by atoms with Gasteiger partial charge < -0.3 is 26.0 Å². The second kappa shape index (κ2) is 13.6. The Balaban J connectivity index is 1.58. The van der Waals surface area contributed by atoms with Gasteiger partial charge in [-0.2, -0.15) is 0 Å². The summed E-state index contributed by atoms with van der Waals surface area (Å²) in [6.45, 7) is 8.55. The first-order chi connectivity index (χ1) is 20.0. The Morgan fingerprint density at radius 2 is 1.95 bits per heavy atom. The van der Waals surface area contributed by atoms with Crippen LogP contribution in [-0.2, 0) is 25.5 Å². The number of hydrogen-bond acceptors (Lipinski definition) is 6. The van der Waals surface area contributed by atoms with Crippen molar-refractivity contribution in [3.05, 3.63) is 83.6 Å². The number of carbonyl (C=O) groups excluding carboxylic acids is 3. The smallest absolute Gasteiger partial charge is 0.314 e. The number of rotatable bonds is 11. The van der Waals surface area contributed by atoms with Gasteiger partial charge in [0.05, 0.1) is 18.1 Å². The fourth-order valence-electron chi connectivity index (χ4n) is 6.45. The zero-order valence-corrected chi connectivity index (χ0v) is 25.4. The van der Waals surface area contributed by atoms with E-state index in [9.17, 15) is 14.4 Å². The molecular formula is C34H46N4O4. The van der Waals surface area contributed by atoms with Crippen molar-refractivity contribution >= 4 is 17.8 Å². The van der Waals surface area contributed by atoms with E-state index >= 15 is 0 Å². The molecule has 42 heavy (non-hydrogen) atoms. The second-order valence-corrected chi connectivity index (χ2v) is 12.7. The molecule has 0 aromatic heterocycles. The molecule has 0 bridgehead atoms. The molecule has 8 nitrogen and oxygen atoms in total. The fraction of sp³-hybridized carbons (Fsp3) is 0.500. The molecule has 2 unspecified atom stereocenters. The maximum Gasteiger partial charge on any atom is 0.314 e. The Bertz CT molecular complexity index is 1260. The molecule has 1 aromatic carbocycles. The first-order valence-corrected chi connectivity index (χ1v) is 15.1. The number of carbonyl (C=O) groups is 3. The third kappa shape index (κ3) is 8.00. The Hall–Kier alpha value is -3.65. The van der Waals surface area contributed by atoms with Gasteiger partial charge in [-0.3, -0.25) is 14.4 Å². The molecule has 0 saturated carbocycles. The molecule has 8 heteroatoms. The normalized spacial score (nSPS) is 24.4. The zero-order valence-electron chi connectivity index (χ0n) is 25.4. The Morgan fingerprint density at radius 1 is 1.21 bits per heavy atom. The van der Waals surface area contributed by atoms with E-state index in [2.05, 4.69) is 22.8 Å². The summed E-state index contributed by atoms with van der Waals surface area (Å²) in [5.41, 5.74) is 7.79. The highest BCUT2D eigenvalue weighted by Crippen LogP contribution is 2.36. The molecule has 1 saturated heterocycles. The quantitative estimate of drug-likeness (QED) is 0.273. The van der Waals surface area contributed by atoms with Crippen LogP contribution in [0.3, 0.4) is 0 Å². The molecule has 4 N–H and O–H groups in total. The summed E-state index contributed by atoms with van der Waals surface area (Å²) in [5.74, 6) is -0.667. The van der Waals surface area contributed by atoms with Crippen molar-refractivity contribution in [3.63, 3.8) is 0 Å². The highest BCUT2D eigenvalue weighted by atomic mass is 16.5. The average Bonchev–Trinajstić information content (AvgIpc) is 3.34. The van der Waals surface area contributed by atoms with Gasteiger partial charge in [-0.1, -0.05) is 60.2 Å². The van der Waals surface area contributed by atoms with Crippen LogP contribution >= 0.6 is 0 Å². The van der Waals surface area contributed by atoms with Crippen LogP contribution in [0.25, 0.3) is 0 Å². The molecule has 3 aliphatic rings. The van der Waals surface area contributed by atoms with Gasteiger partial charge >= 0.3 is 5.97 Å². The minimum absolute atomic E-state index is 0.121. The molecule has 4 rings (SSSR count). The Labute approximate surface area is 250 Å². The molecule has 0 radical (unpaired) electrons. The third-order valence-electron chi connectivity index (χ3n) is 8.17. The number of amides is 2. The molecular weight excluding hydrogens is 528 g/mol. The summed E-state index contributed by atoms with van der Waals surface area (Å²) in [6.07, 6.45) is 14.5. The highest BCUT2D eigenvalue weighted by Gasteiger charge is 2.46. The first-order valence-electron chi connectivity index (χ1n) is 15.1. The van der Waals surface area contributed by atoms with Gasteiger partial charge in [0.2, 0.25) is 11.8 Å². The number of piperidine rings is 1. The van der Waals surface area contributed by atoms with Crippen molar-refractivity contribution < 1.29 is 19.1 Å². The largest absolute Gasteiger partial charge is 0.466 e. The first kappa shape index (κ1) is 31.3. The predicted octanol–water partition coefficient (Wildman–Crippen LogP) is 3.95. The summed E-state index contributed by atoms with van der Waals surface area (Å²) in [6, 6.07) is 9.23. The second-order valence-electron chi connectivity index (χ2n) is 12.7. The van der Waals surface area contributed by atoms with E-state index in [4.69, 9.17) is 10.5 Å². The van der Waals surface area contributed by atoms with Crippen LogP contribution in [0.1, 0.15) is 58.9 Å². The van der Waals surface area contributed by atoms with Crippen LogP contribution in [0.15, 0.2) is 78.1 Å². The number of nitrogens with one attached hydrogen (secondary N) is 2. The minimum Gasteiger partial charge on any atom is -0.466 e. The Kier molecular flexibility index (Phi) is 10.1. The van der Waals surface area contributed by atoms with E-state index in [1.54, 1.807) is 11.8 Å². The van der Waals surface area contributed by atoms with Gasteiger partial charge in [0.15, 0.2) is 0 Å². The lowest BCUT2D eigenvalue weighted by molar-refractivity contribution is -0.161. The molecule has 4 atom stereocenters. The van der Waals surface area contributed by atoms with Crippen molar-refractivity contribution in [2.45, 2.75) is 77.4 Å². The SMILES string of the molecule is CCOC(=O)[C@]1(Cc2ccccc2)CCCN(C(=O)[C@@H](CC2=CNC3C=CC=CC23)NC(=O)/C=C(\C)CC(C)(C)N)C1. The molecule has 2 heterocycles. The summed E-state index contributed by atoms with van der Waals surface area (Å²) in [5, 5.41) is 6.40. The molecule has 0 spiro atoms. The van der Waals surface area contributed by atoms with E-state index in [0.717, 1.165) is 16.7 Å². The van der Waals surface area contributed by atoms with Gasteiger partial charge in [0.25, 0.3) is 0 Å². The monoisotopic (exact) mass is 574 g/mol. The van der Waals surface area contributed by atoms with Crippen LogP contribution in [0, 0.1) is 11.3 Å². The van der Waals surface area contributed by atoms with Crippen molar-refractivity contribution in [1.82, 2.24) is 15.5 Å². The number of nitrogens with zero attached hydrogens (tertiary/aromatic N) is 1. The number of hydrogen-bond donors (Lipinski definition) is 3. The molecule has 2 aliphatic heterocycles. The van der Waals surface area contributed by atoms with Gasteiger partial charge in [-0.15, -0.1) is 0 Å². The zero-order chi connectivity index (χ0) is 30.3. The maximum absolute atomic E-state index is 14.3. The number of benzene rings is 1. The number of ether oxygens (including phenoxy) is 1. The van der Waals surface area contributed by atoms with Crippen LogP contribution in [0.2, 0.25) is 0 Å². The number of fused-ring (bicyclic) bond motifs is 1. The van der Waals surface area contributed by atoms with Crippen LogP contribution < -0.4 is 16.4 Å². The Morgan fingerprint density at radius 3 is 2.67 bits per heavy atom. The van der Waals surface area contributed by atoms with Crippen LogP contribution in [-0.4, -0.2) is 60.0 Å². The molecule has 2 amide bonds. The van der Waals surface area contributed by atoms with Gasteiger partial charge in [0.1, 0.15) is 6.04 Å². The third-order valence-corrected chi connectivity index (χ3v) is 8.17. The van der Waals surface area contributed by atoms with E-state index in [-0.39, 0.29) is 42.9 Å². The lowest BCUT2D eigenvalue weighted by Crippen LogP contribution is -2.56. The summed E-state index contributed by atoms with van der Waals surface area (Å²) in [4.78, 5) is 42.7. The summed E-state index contributed by atoms with van der Waals surface area (Å²) >= 11 is 0. The van der Waals surface area contributed by atoms with Crippen molar-refractivity contribution in [2.24, 2.45) is 17.1 Å². The van der Waals surface area contributed by atoms with Crippen molar-refractivity contribution in [3.8, 4) is 0 Å². The van der Waals surface area contributed by atoms with Crippen molar-refractivity contribution in [2.75, 3.05) is 19.7 Å². The minimum atomic E-state index is -0.848. The average molecular weight is 575 g/mol. The maximum atomic E-state index is 14.3. The van der Waals surface area contributed by atoms with E-state index in [0.29, 0.717) is 38.6 Å². The van der Waals surface area contributed by atoms with Gasteiger partial charge in [0, 0.05) is 30.6 Å². The van der Waals surface area contributed by atoms with Gasteiger partial charge in [-0.25, -0.2) is 0 Å². The van der Waals surface area contributed by atoms with E-state index in [1.165, 1.54) is 6.08 Å². The summed E-state index contributed by atoms with van der Waals surface area (Å²) in [7, 11) is 0. The number of nitrogens with two attached hydrogens (primary N) is 1. The van der Waals surface area contributed by atoms with Crippen LogP contribution in [0.4, 0.5) is 0 Å². The van der Waals surface area contributed by atoms with E-state index in [1.807, 2.05) is 69.5 Å². The standard InChI is InChI=1S/C34H46N4O4/c1-5-42-32(41)34(21-25-12-7-6-8-13-25)16-11-17-38(23-34)31(40)29(37-30(39)18-24(2)20-33(3,4)35)19-26-22-36-28-15-10-9-14-27(26)28/h6-10,12-15,18,22,27-29,36H,5,11,16-17,19-21,23,35H2,1-4H3,(H,37,39)/b24-18+/t27?,28?,29-,34+/m1/s1. The highest BCUT2D eigenvalue weighted by molar-refractivity contribution is 5.94. The molecule has 1 aromatic rings. The fourth-order valence-corrected chi connectivity index (χ4v) is 6.45. The summed E-state index contributed by atoms with van der Waals surface area (Å²) < 4.78 is 5.56. The van der Waals surface area contributed by atoms with Crippen molar-refractivity contribution in [1.29, 1.82) is 0 Å². The van der Waals surface area contributed by atoms with Gasteiger partial charge in [-0.05, 0) is 77.1 Å². The predicted molar refractivity (Wildman–Crippen MR) is 165 cm³/mol. The van der Waals surface area contributed by atoms with E-state index < -0.39 is 17.0 Å². The lowest BCUT2D eigenvalue weighted by atomic mass is 9.74.